The van der Waals surface area contributed by atoms with Crippen LogP contribution in [0.4, 0.5) is 0 Å². The van der Waals surface area contributed by atoms with E-state index < -0.39 is 0 Å². The van der Waals surface area contributed by atoms with Crippen LogP contribution >= 0.6 is 0 Å². The molecule has 0 amide bonds. The van der Waals surface area contributed by atoms with E-state index in [0.717, 1.165) is 5.56 Å². The summed E-state index contributed by atoms with van der Waals surface area (Å²) in [6, 6.07) is 9.81. The third-order valence-corrected chi connectivity index (χ3v) is 3.57. The molecule has 0 unspecified atom stereocenters. The van der Waals surface area contributed by atoms with Crippen molar-refractivity contribution in [3.8, 4) is 11.5 Å². The van der Waals surface area contributed by atoms with Gasteiger partial charge in [-0.2, -0.15) is 0 Å². The molecule has 0 saturated carbocycles. The van der Waals surface area contributed by atoms with Crippen molar-refractivity contribution in [2.75, 3.05) is 14.2 Å². The van der Waals surface area contributed by atoms with Crippen LogP contribution in [0.15, 0.2) is 42.7 Å². The first-order chi connectivity index (χ1) is 9.63. The first-order valence-corrected chi connectivity index (χ1v) is 6.58. The van der Waals surface area contributed by atoms with E-state index >= 15 is 0 Å². The maximum Gasteiger partial charge on any atom is 0.162 e. The van der Waals surface area contributed by atoms with Gasteiger partial charge in [0.15, 0.2) is 11.5 Å². The third-order valence-electron chi connectivity index (χ3n) is 3.57. The molecule has 0 bridgehead atoms. The molecule has 0 saturated heterocycles. The fourth-order valence-corrected chi connectivity index (χ4v) is 2.16. The summed E-state index contributed by atoms with van der Waals surface area (Å²) in [5.41, 5.74) is 2.05. The lowest BCUT2D eigenvalue weighted by Crippen LogP contribution is -2.22. The Hall–Kier alpha value is -2.07. The van der Waals surface area contributed by atoms with Crippen molar-refractivity contribution in [3.05, 3.63) is 53.9 Å². The van der Waals surface area contributed by atoms with Gasteiger partial charge in [-0.1, -0.05) is 12.1 Å². The van der Waals surface area contributed by atoms with Crippen molar-refractivity contribution in [3.63, 3.8) is 0 Å². The highest BCUT2D eigenvalue weighted by molar-refractivity contribution is 5.45. The number of aromatic hydroxyl groups is 1. The third kappa shape index (κ3) is 3.08. The number of hydrogen-bond donors (Lipinski definition) is 1. The van der Waals surface area contributed by atoms with Gasteiger partial charge in [0.2, 0.25) is 0 Å². The highest BCUT2D eigenvalue weighted by Gasteiger charge is 2.15. The number of phenolic OH excluding ortho intramolecular Hbond substituents is 1. The maximum atomic E-state index is 10.1. The number of hydrogen-bond acceptors (Lipinski definition) is 4. The van der Waals surface area contributed by atoms with Gasteiger partial charge in [-0.05, 0) is 37.7 Å². The number of rotatable bonds is 5. The molecule has 0 aliphatic carbocycles. The highest BCUT2D eigenvalue weighted by Crippen LogP contribution is 2.31. The van der Waals surface area contributed by atoms with Gasteiger partial charge in [-0.15, -0.1) is 0 Å². The molecule has 1 N–H and O–H groups in total. The standard InChI is InChI=1S/C16H20N2O2/c1-12(13-7-9-17-10-8-13)18(2)11-14-5-4-6-15(20-3)16(14)19/h4-10,12,19H,11H2,1-3H3/t12-/m1/s1. The Morgan fingerprint density at radius 2 is 1.95 bits per heavy atom. The summed E-state index contributed by atoms with van der Waals surface area (Å²) in [7, 11) is 3.59. The van der Waals surface area contributed by atoms with E-state index in [2.05, 4.69) is 16.8 Å². The minimum atomic E-state index is 0.212. The zero-order chi connectivity index (χ0) is 14.5. The van der Waals surface area contributed by atoms with Crippen LogP contribution in [-0.4, -0.2) is 29.1 Å². The van der Waals surface area contributed by atoms with Crippen LogP contribution < -0.4 is 4.74 Å². The Bertz CT molecular complexity index is 558. The van der Waals surface area contributed by atoms with Gasteiger partial charge in [0.25, 0.3) is 0 Å². The second kappa shape index (κ2) is 6.39. The van der Waals surface area contributed by atoms with Crippen LogP contribution in [0.3, 0.4) is 0 Å². The lowest BCUT2D eigenvalue weighted by Gasteiger charge is -2.25. The van der Waals surface area contributed by atoms with Crippen LogP contribution in [0.2, 0.25) is 0 Å². The number of phenols is 1. The minimum absolute atomic E-state index is 0.212. The molecule has 20 heavy (non-hydrogen) atoms. The van der Waals surface area contributed by atoms with Crippen LogP contribution in [0.25, 0.3) is 0 Å². The molecule has 0 spiro atoms. The van der Waals surface area contributed by atoms with Crippen molar-refractivity contribution in [2.45, 2.75) is 19.5 Å². The van der Waals surface area contributed by atoms with E-state index in [-0.39, 0.29) is 11.8 Å². The molecule has 1 aromatic carbocycles. The SMILES string of the molecule is COc1cccc(CN(C)[C@H](C)c2ccncc2)c1O. The van der Waals surface area contributed by atoms with Crippen molar-refractivity contribution in [1.82, 2.24) is 9.88 Å². The Morgan fingerprint density at radius 3 is 2.60 bits per heavy atom. The van der Waals surface area contributed by atoms with Gasteiger partial charge in [0.1, 0.15) is 0 Å². The predicted octanol–water partition coefficient (Wildman–Crippen LogP) is 2.99. The molecular weight excluding hydrogens is 252 g/mol. The van der Waals surface area contributed by atoms with Crippen molar-refractivity contribution >= 4 is 0 Å². The number of benzene rings is 1. The second-order valence-electron chi connectivity index (χ2n) is 4.84. The molecule has 4 heteroatoms. The van der Waals surface area contributed by atoms with Gasteiger partial charge in [0, 0.05) is 30.5 Å². The molecule has 4 nitrogen and oxygen atoms in total. The summed E-state index contributed by atoms with van der Waals surface area (Å²) in [6.07, 6.45) is 3.59. The van der Waals surface area contributed by atoms with Gasteiger partial charge >= 0.3 is 0 Å². The Balaban J connectivity index is 2.14. The average molecular weight is 272 g/mol. The van der Waals surface area contributed by atoms with E-state index in [1.54, 1.807) is 25.6 Å². The van der Waals surface area contributed by atoms with Gasteiger partial charge < -0.3 is 9.84 Å². The van der Waals surface area contributed by atoms with Gasteiger partial charge in [-0.25, -0.2) is 0 Å². The summed E-state index contributed by atoms with van der Waals surface area (Å²) in [4.78, 5) is 6.20. The lowest BCUT2D eigenvalue weighted by atomic mass is 10.1. The number of methoxy groups -OCH3 is 1. The molecule has 2 aromatic rings. The smallest absolute Gasteiger partial charge is 0.162 e. The van der Waals surface area contributed by atoms with Crippen LogP contribution in [0.1, 0.15) is 24.1 Å². The molecule has 0 aliphatic rings. The predicted molar refractivity (Wildman–Crippen MR) is 78.8 cm³/mol. The molecule has 1 aromatic heterocycles. The first kappa shape index (κ1) is 14.3. The number of para-hydroxylation sites is 1. The highest BCUT2D eigenvalue weighted by atomic mass is 16.5. The largest absolute Gasteiger partial charge is 0.504 e. The van der Waals surface area contributed by atoms with Crippen LogP contribution in [0, 0.1) is 0 Å². The van der Waals surface area contributed by atoms with Gasteiger partial charge in [0.05, 0.1) is 7.11 Å². The number of nitrogens with zero attached hydrogens (tertiary/aromatic N) is 2. The topological polar surface area (TPSA) is 45.6 Å². The summed E-state index contributed by atoms with van der Waals surface area (Å²) in [5.74, 6) is 0.719. The lowest BCUT2D eigenvalue weighted by molar-refractivity contribution is 0.248. The number of ether oxygens (including phenoxy) is 1. The molecule has 0 aliphatic heterocycles. The van der Waals surface area contributed by atoms with Gasteiger partial charge in [-0.3, -0.25) is 9.88 Å². The molecular formula is C16H20N2O2. The Morgan fingerprint density at radius 1 is 1.25 bits per heavy atom. The van der Waals surface area contributed by atoms with E-state index in [0.29, 0.717) is 12.3 Å². The summed E-state index contributed by atoms with van der Waals surface area (Å²) in [5, 5.41) is 10.1. The van der Waals surface area contributed by atoms with Crippen molar-refractivity contribution in [1.29, 1.82) is 0 Å². The molecule has 106 valence electrons. The normalized spacial score (nSPS) is 12.4. The van der Waals surface area contributed by atoms with E-state index in [9.17, 15) is 5.11 Å². The van der Waals surface area contributed by atoms with E-state index in [1.165, 1.54) is 5.56 Å². The fraction of sp³-hybridized carbons (Fsp3) is 0.312. The molecule has 0 fully saturated rings. The zero-order valence-electron chi connectivity index (χ0n) is 12.1. The van der Waals surface area contributed by atoms with E-state index in [1.807, 2.05) is 31.3 Å². The maximum absolute atomic E-state index is 10.1. The van der Waals surface area contributed by atoms with Crippen LogP contribution in [0.5, 0.6) is 11.5 Å². The molecule has 1 heterocycles. The second-order valence-corrected chi connectivity index (χ2v) is 4.84. The average Bonchev–Trinajstić information content (AvgIpc) is 2.49. The first-order valence-electron chi connectivity index (χ1n) is 6.58. The number of pyridine rings is 1. The molecule has 2 rings (SSSR count). The Kier molecular flexibility index (Phi) is 4.58. The van der Waals surface area contributed by atoms with Crippen molar-refractivity contribution < 1.29 is 9.84 Å². The van der Waals surface area contributed by atoms with Crippen molar-refractivity contribution in [2.24, 2.45) is 0 Å². The summed E-state index contributed by atoms with van der Waals surface area (Å²) in [6.45, 7) is 2.78. The summed E-state index contributed by atoms with van der Waals surface area (Å²) < 4.78 is 5.14. The zero-order valence-corrected chi connectivity index (χ0v) is 12.1. The number of aromatic nitrogens is 1. The molecule has 0 radical (unpaired) electrons. The van der Waals surface area contributed by atoms with E-state index in [4.69, 9.17) is 4.74 Å². The summed E-state index contributed by atoms with van der Waals surface area (Å²) >= 11 is 0. The minimum Gasteiger partial charge on any atom is -0.504 e. The monoisotopic (exact) mass is 272 g/mol. The molecule has 1 atom stereocenters. The quantitative estimate of drug-likeness (QED) is 0.909. The van der Waals surface area contributed by atoms with Crippen LogP contribution in [-0.2, 0) is 6.54 Å². The fourth-order valence-electron chi connectivity index (χ4n) is 2.16. The Labute approximate surface area is 119 Å².